The second kappa shape index (κ2) is 6.53. The molecule has 27 heavy (non-hydrogen) atoms. The van der Waals surface area contributed by atoms with Crippen molar-refractivity contribution in [2.24, 2.45) is 11.8 Å². The molecule has 6 heteroatoms. The number of nitrogens with zero attached hydrogens (tertiary/aromatic N) is 1. The molecule has 1 amide bonds. The summed E-state index contributed by atoms with van der Waals surface area (Å²) in [6, 6.07) is 7.80. The Morgan fingerprint density at radius 1 is 1.44 bits per heavy atom. The van der Waals surface area contributed by atoms with E-state index in [0.29, 0.717) is 13.0 Å². The number of hydrogen-bond donors (Lipinski definition) is 2. The van der Waals surface area contributed by atoms with Crippen LogP contribution in [0.1, 0.15) is 18.4 Å². The summed E-state index contributed by atoms with van der Waals surface area (Å²) in [5.41, 5.74) is 1.54. The van der Waals surface area contributed by atoms with Gasteiger partial charge < -0.3 is 15.2 Å². The molecule has 0 aromatic heterocycles. The lowest BCUT2D eigenvalue weighted by atomic mass is 9.68. The average molecular weight is 368 g/mol. The first-order valence-electron chi connectivity index (χ1n) is 9.26. The van der Waals surface area contributed by atoms with Crippen LogP contribution in [0.2, 0.25) is 0 Å². The van der Waals surface area contributed by atoms with Gasteiger partial charge in [-0.3, -0.25) is 9.69 Å². The van der Waals surface area contributed by atoms with E-state index in [9.17, 15) is 14.7 Å². The molecule has 2 fully saturated rings. The topological polar surface area (TPSA) is 78.9 Å². The van der Waals surface area contributed by atoms with E-state index < -0.39 is 11.4 Å². The van der Waals surface area contributed by atoms with Gasteiger partial charge >= 0.3 is 5.97 Å². The van der Waals surface area contributed by atoms with Crippen molar-refractivity contribution in [1.29, 1.82) is 0 Å². The lowest BCUT2D eigenvalue weighted by Crippen LogP contribution is -2.53. The summed E-state index contributed by atoms with van der Waals surface area (Å²) in [5, 5.41) is 12.7. The Balaban J connectivity index is 1.76. The van der Waals surface area contributed by atoms with Crippen LogP contribution in [-0.4, -0.2) is 48.1 Å². The van der Waals surface area contributed by atoms with Gasteiger partial charge in [0.05, 0.1) is 24.4 Å². The summed E-state index contributed by atoms with van der Waals surface area (Å²) in [7, 11) is 1.46. The number of carbonyl (C=O) groups is 2. The normalized spacial score (nSPS) is 32.7. The molecule has 0 radical (unpaired) electrons. The van der Waals surface area contributed by atoms with E-state index in [0.717, 1.165) is 24.2 Å². The van der Waals surface area contributed by atoms with Crippen molar-refractivity contribution >= 4 is 17.6 Å². The minimum atomic E-state index is -0.981. The highest BCUT2D eigenvalue weighted by atomic mass is 16.5. The lowest BCUT2D eigenvalue weighted by molar-refractivity contribution is -0.134. The Kier molecular flexibility index (Phi) is 4.30. The molecule has 6 nitrogen and oxygen atoms in total. The molecule has 3 aliphatic heterocycles. The van der Waals surface area contributed by atoms with Gasteiger partial charge in [-0.15, -0.1) is 6.58 Å². The minimum Gasteiger partial charge on any atom is -0.504 e. The summed E-state index contributed by atoms with van der Waals surface area (Å²) >= 11 is 0. The number of methoxy groups -OCH3 is 1. The van der Waals surface area contributed by atoms with E-state index in [4.69, 9.17) is 4.74 Å². The maximum Gasteiger partial charge on any atom is 0.334 e. The third-order valence-corrected chi connectivity index (χ3v) is 6.50. The van der Waals surface area contributed by atoms with Crippen molar-refractivity contribution in [3.63, 3.8) is 0 Å². The molecule has 1 aromatic rings. The second-order valence-corrected chi connectivity index (χ2v) is 7.59. The van der Waals surface area contributed by atoms with Crippen LogP contribution in [0, 0.1) is 11.8 Å². The van der Waals surface area contributed by atoms with Gasteiger partial charge in [0.15, 0.2) is 0 Å². The molecule has 4 atom stereocenters. The molecule has 0 aliphatic carbocycles. The third kappa shape index (κ3) is 2.51. The molecule has 1 spiro atoms. The first kappa shape index (κ1) is 17.8. The van der Waals surface area contributed by atoms with Crippen LogP contribution in [-0.2, 0) is 19.7 Å². The monoisotopic (exact) mass is 368 g/mol. The Morgan fingerprint density at radius 3 is 2.93 bits per heavy atom. The summed E-state index contributed by atoms with van der Waals surface area (Å²) in [6.07, 6.45) is 4.48. The number of aliphatic carboxylic acids is 1. The number of anilines is 1. The fraction of sp³-hybridized carbons (Fsp3) is 0.429. The first-order valence-corrected chi connectivity index (χ1v) is 9.26. The SMILES string of the molecule is C=CC1CN2CCC3(C(=O)Nc4ccccc43)C2CC1C(=COC)C(=O)O. The standard InChI is InChI=1S/C21H24N2O4/c1-3-13-11-23-9-8-21(16-6-4-5-7-17(16)22-20(21)26)18(23)10-14(13)15(12-27-2)19(24)25/h3-7,12-14,18H,1,8-11H2,2H3,(H,22,26)(H,24,25). The summed E-state index contributed by atoms with van der Waals surface area (Å²) in [5.74, 6) is -1.18. The Morgan fingerprint density at radius 2 is 2.22 bits per heavy atom. The molecule has 4 rings (SSSR count). The number of carboxylic acid groups (broad SMARTS) is 1. The molecule has 142 valence electrons. The van der Waals surface area contributed by atoms with Gasteiger partial charge in [0, 0.05) is 24.2 Å². The van der Waals surface area contributed by atoms with Gasteiger partial charge in [-0.05, 0) is 36.9 Å². The Labute approximate surface area is 158 Å². The number of carbonyl (C=O) groups excluding carboxylic acids is 1. The zero-order chi connectivity index (χ0) is 19.2. The second-order valence-electron chi connectivity index (χ2n) is 7.59. The molecular formula is C21H24N2O4. The van der Waals surface area contributed by atoms with Gasteiger partial charge in [-0.25, -0.2) is 4.79 Å². The number of carboxylic acids is 1. The Bertz CT molecular complexity index is 833. The van der Waals surface area contributed by atoms with Crippen molar-refractivity contribution in [2.75, 3.05) is 25.5 Å². The quantitative estimate of drug-likeness (QED) is 0.485. The van der Waals surface area contributed by atoms with Gasteiger partial charge in [-0.1, -0.05) is 24.3 Å². The molecule has 2 N–H and O–H groups in total. The number of benzene rings is 1. The van der Waals surface area contributed by atoms with E-state index in [-0.39, 0.29) is 29.4 Å². The maximum absolute atomic E-state index is 13.1. The van der Waals surface area contributed by atoms with E-state index in [1.807, 2.05) is 30.3 Å². The number of rotatable bonds is 4. The number of ether oxygens (including phenoxy) is 1. The van der Waals surface area contributed by atoms with Crippen molar-refractivity contribution in [3.05, 3.63) is 54.3 Å². The predicted octanol–water partition coefficient (Wildman–Crippen LogP) is 2.39. The largest absolute Gasteiger partial charge is 0.504 e. The van der Waals surface area contributed by atoms with Gasteiger partial charge in [0.1, 0.15) is 0 Å². The van der Waals surface area contributed by atoms with E-state index in [1.165, 1.54) is 13.4 Å². The smallest absolute Gasteiger partial charge is 0.334 e. The number of nitrogens with one attached hydrogen (secondary N) is 1. The molecule has 3 heterocycles. The fourth-order valence-corrected chi connectivity index (χ4v) is 5.27. The highest BCUT2D eigenvalue weighted by Crippen LogP contribution is 2.52. The van der Waals surface area contributed by atoms with Gasteiger partial charge in [-0.2, -0.15) is 0 Å². The number of amides is 1. The number of para-hydroxylation sites is 1. The zero-order valence-corrected chi connectivity index (χ0v) is 15.4. The lowest BCUT2D eigenvalue weighted by Gasteiger charge is -2.44. The van der Waals surface area contributed by atoms with Crippen molar-refractivity contribution < 1.29 is 19.4 Å². The summed E-state index contributed by atoms with van der Waals surface area (Å²) in [4.78, 5) is 27.3. The van der Waals surface area contributed by atoms with Crippen LogP contribution in [0.25, 0.3) is 0 Å². The van der Waals surface area contributed by atoms with E-state index in [2.05, 4.69) is 16.8 Å². The third-order valence-electron chi connectivity index (χ3n) is 6.50. The van der Waals surface area contributed by atoms with Crippen molar-refractivity contribution in [1.82, 2.24) is 4.90 Å². The molecule has 2 saturated heterocycles. The predicted molar refractivity (Wildman–Crippen MR) is 101 cm³/mol. The summed E-state index contributed by atoms with van der Waals surface area (Å²) in [6.45, 7) is 5.44. The van der Waals surface area contributed by atoms with E-state index in [1.54, 1.807) is 0 Å². The van der Waals surface area contributed by atoms with E-state index >= 15 is 0 Å². The molecule has 0 saturated carbocycles. The Hall–Kier alpha value is -2.60. The average Bonchev–Trinajstić information content (AvgIpc) is 3.18. The fourth-order valence-electron chi connectivity index (χ4n) is 5.27. The van der Waals surface area contributed by atoms with Crippen LogP contribution in [0.15, 0.2) is 48.8 Å². The summed E-state index contributed by atoms with van der Waals surface area (Å²) < 4.78 is 5.05. The highest BCUT2D eigenvalue weighted by molar-refractivity contribution is 6.07. The van der Waals surface area contributed by atoms with Crippen molar-refractivity contribution in [3.8, 4) is 0 Å². The van der Waals surface area contributed by atoms with Gasteiger partial charge in [0.25, 0.3) is 0 Å². The molecule has 0 bridgehead atoms. The van der Waals surface area contributed by atoms with Crippen LogP contribution in [0.4, 0.5) is 5.69 Å². The van der Waals surface area contributed by atoms with Crippen molar-refractivity contribution in [2.45, 2.75) is 24.3 Å². The van der Waals surface area contributed by atoms with Crippen LogP contribution in [0.5, 0.6) is 0 Å². The molecular weight excluding hydrogens is 344 g/mol. The van der Waals surface area contributed by atoms with Crippen LogP contribution in [0.3, 0.4) is 0 Å². The van der Waals surface area contributed by atoms with Crippen LogP contribution < -0.4 is 5.32 Å². The molecule has 3 aliphatic rings. The van der Waals surface area contributed by atoms with Gasteiger partial charge in [0.2, 0.25) is 5.91 Å². The number of fused-ring (bicyclic) bond motifs is 4. The number of piperidine rings is 1. The minimum absolute atomic E-state index is 0.00797. The molecule has 1 aromatic carbocycles. The van der Waals surface area contributed by atoms with Crippen LogP contribution >= 0.6 is 0 Å². The molecule has 4 unspecified atom stereocenters. The number of hydrogen-bond acceptors (Lipinski definition) is 4. The first-order chi connectivity index (χ1) is 13.0. The zero-order valence-electron chi connectivity index (χ0n) is 15.4. The maximum atomic E-state index is 13.1. The highest BCUT2D eigenvalue weighted by Gasteiger charge is 2.60.